The fourth-order valence-electron chi connectivity index (χ4n) is 3.55. The van der Waals surface area contributed by atoms with Crippen molar-refractivity contribution >= 4 is 27.5 Å². The third-order valence-electron chi connectivity index (χ3n) is 4.46. The third-order valence-corrected chi connectivity index (χ3v) is 5.19. The fraction of sp³-hybridized carbons (Fsp3) is 0.294. The molecule has 2 aliphatic heterocycles. The highest BCUT2D eigenvalue weighted by Crippen LogP contribution is 2.50. The van der Waals surface area contributed by atoms with Crippen molar-refractivity contribution in [3.8, 4) is 11.5 Å². The lowest BCUT2D eigenvalue weighted by Crippen LogP contribution is -2.14. The molecule has 1 saturated heterocycles. The molecule has 0 radical (unpaired) electrons. The van der Waals surface area contributed by atoms with Gasteiger partial charge in [0, 0.05) is 45.5 Å². The molecule has 0 saturated carbocycles. The van der Waals surface area contributed by atoms with Crippen molar-refractivity contribution in [1.82, 2.24) is 4.90 Å². The highest BCUT2D eigenvalue weighted by molar-refractivity contribution is 9.10. The number of likely N-dealkylation sites (N-methyl/N-ethyl adjacent to an activating group) is 1. The van der Waals surface area contributed by atoms with Crippen molar-refractivity contribution in [3.05, 3.63) is 57.0 Å². The predicted octanol–water partition coefficient (Wildman–Crippen LogP) is 5.02. The van der Waals surface area contributed by atoms with Gasteiger partial charge in [-0.1, -0.05) is 27.5 Å². The zero-order chi connectivity index (χ0) is 14.6. The van der Waals surface area contributed by atoms with Crippen LogP contribution >= 0.6 is 27.5 Å². The number of hydrogen-bond acceptors (Lipinski definition) is 2. The lowest BCUT2D eigenvalue weighted by atomic mass is 9.84. The van der Waals surface area contributed by atoms with Crippen LogP contribution in [0.1, 0.15) is 23.0 Å². The molecule has 4 rings (SSSR count). The van der Waals surface area contributed by atoms with Crippen LogP contribution < -0.4 is 4.74 Å². The van der Waals surface area contributed by atoms with Crippen LogP contribution in [0.3, 0.4) is 0 Å². The van der Waals surface area contributed by atoms with E-state index in [2.05, 4.69) is 46.1 Å². The smallest absolute Gasteiger partial charge is 0.131 e. The van der Waals surface area contributed by atoms with E-state index in [1.54, 1.807) is 0 Å². The van der Waals surface area contributed by atoms with Gasteiger partial charge in [-0.2, -0.15) is 0 Å². The van der Waals surface area contributed by atoms with Gasteiger partial charge in [-0.3, -0.25) is 0 Å². The first-order chi connectivity index (χ1) is 10.1. The molecule has 2 atom stereocenters. The Morgan fingerprint density at radius 1 is 1.05 bits per heavy atom. The van der Waals surface area contributed by atoms with Crippen LogP contribution in [0.2, 0.25) is 5.02 Å². The van der Waals surface area contributed by atoms with E-state index in [-0.39, 0.29) is 0 Å². The lowest BCUT2D eigenvalue weighted by Gasteiger charge is -2.17. The monoisotopic (exact) mass is 363 g/mol. The highest BCUT2D eigenvalue weighted by Gasteiger charge is 2.38. The molecule has 0 bridgehead atoms. The van der Waals surface area contributed by atoms with Gasteiger partial charge in [0.05, 0.1) is 0 Å². The molecule has 2 aromatic rings. The first kappa shape index (κ1) is 13.6. The summed E-state index contributed by atoms with van der Waals surface area (Å²) in [6.45, 7) is 2.08. The standard InChI is InChI=1S/C17H15BrClNO/c1-20-8-14-12-6-10(18)2-4-16(12)21-17-5-3-11(19)7-13(17)15(14)9-20/h2-7,14-15H,8-9H2,1H3/t14-,15-/m0/s1. The molecule has 4 heteroatoms. The Kier molecular flexibility index (Phi) is 3.25. The maximum atomic E-state index is 6.22. The van der Waals surface area contributed by atoms with E-state index < -0.39 is 0 Å². The van der Waals surface area contributed by atoms with Gasteiger partial charge >= 0.3 is 0 Å². The van der Waals surface area contributed by atoms with Crippen LogP contribution in [0.5, 0.6) is 11.5 Å². The van der Waals surface area contributed by atoms with Crippen LogP contribution in [0.25, 0.3) is 0 Å². The molecule has 0 spiro atoms. The van der Waals surface area contributed by atoms with E-state index in [1.165, 1.54) is 11.1 Å². The van der Waals surface area contributed by atoms with Gasteiger partial charge in [0.25, 0.3) is 0 Å². The largest absolute Gasteiger partial charge is 0.457 e. The molecular weight excluding hydrogens is 350 g/mol. The average molecular weight is 365 g/mol. The minimum atomic E-state index is 0.430. The van der Waals surface area contributed by atoms with Gasteiger partial charge < -0.3 is 9.64 Å². The molecule has 0 N–H and O–H groups in total. The summed E-state index contributed by atoms with van der Waals surface area (Å²) in [5.74, 6) is 2.77. The summed E-state index contributed by atoms with van der Waals surface area (Å²) in [6.07, 6.45) is 0. The summed E-state index contributed by atoms with van der Waals surface area (Å²) in [5.41, 5.74) is 2.51. The lowest BCUT2D eigenvalue weighted by molar-refractivity contribution is 0.401. The molecular formula is C17H15BrClNO. The van der Waals surface area contributed by atoms with E-state index in [1.807, 2.05) is 18.2 Å². The number of likely N-dealkylation sites (tertiary alicyclic amines) is 1. The van der Waals surface area contributed by atoms with Crippen molar-refractivity contribution in [3.63, 3.8) is 0 Å². The molecule has 2 nitrogen and oxygen atoms in total. The highest BCUT2D eigenvalue weighted by atomic mass is 79.9. The summed E-state index contributed by atoms with van der Waals surface area (Å²) in [5, 5.41) is 0.776. The Balaban J connectivity index is 1.93. The van der Waals surface area contributed by atoms with Gasteiger partial charge in [0.2, 0.25) is 0 Å². The fourth-order valence-corrected chi connectivity index (χ4v) is 4.11. The van der Waals surface area contributed by atoms with Crippen LogP contribution in [0.4, 0.5) is 0 Å². The number of halogens is 2. The molecule has 0 aliphatic carbocycles. The Bertz CT molecular complexity index is 658. The molecule has 2 aliphatic rings. The van der Waals surface area contributed by atoms with Crippen LogP contribution in [-0.2, 0) is 0 Å². The summed E-state index contributed by atoms with van der Waals surface area (Å²) in [7, 11) is 2.18. The minimum Gasteiger partial charge on any atom is -0.457 e. The molecule has 1 fully saturated rings. The predicted molar refractivity (Wildman–Crippen MR) is 88.6 cm³/mol. The quantitative estimate of drug-likeness (QED) is 0.651. The SMILES string of the molecule is CN1C[C@H]2c3cc(Cl)ccc3Oc3ccc(Br)cc3[C@@H]2C1. The zero-order valence-corrected chi connectivity index (χ0v) is 14.0. The van der Waals surface area contributed by atoms with E-state index in [9.17, 15) is 0 Å². The number of ether oxygens (including phenoxy) is 1. The van der Waals surface area contributed by atoms with E-state index in [4.69, 9.17) is 16.3 Å². The maximum Gasteiger partial charge on any atom is 0.131 e. The van der Waals surface area contributed by atoms with Crippen LogP contribution in [0, 0.1) is 0 Å². The first-order valence-corrected chi connectivity index (χ1v) is 8.24. The second kappa shape index (κ2) is 5.01. The Labute approximate surface area is 137 Å². The zero-order valence-electron chi connectivity index (χ0n) is 11.6. The van der Waals surface area contributed by atoms with E-state index >= 15 is 0 Å². The summed E-state index contributed by atoms with van der Waals surface area (Å²) < 4.78 is 7.29. The topological polar surface area (TPSA) is 12.5 Å². The Hall–Kier alpha value is -1.03. The van der Waals surface area contributed by atoms with Crippen molar-refractivity contribution < 1.29 is 4.74 Å². The number of hydrogen-bond donors (Lipinski definition) is 0. The first-order valence-electron chi connectivity index (χ1n) is 7.07. The van der Waals surface area contributed by atoms with Crippen molar-refractivity contribution in [2.75, 3.05) is 20.1 Å². The van der Waals surface area contributed by atoms with Gasteiger partial charge in [-0.05, 0) is 43.4 Å². The van der Waals surface area contributed by atoms with Gasteiger partial charge in [0.1, 0.15) is 11.5 Å². The summed E-state index contributed by atoms with van der Waals surface area (Å²) in [4.78, 5) is 2.38. The number of benzene rings is 2. The number of fused-ring (bicyclic) bond motifs is 5. The molecule has 2 aromatic carbocycles. The number of nitrogens with zero attached hydrogens (tertiary/aromatic N) is 1. The van der Waals surface area contributed by atoms with Crippen LogP contribution in [0.15, 0.2) is 40.9 Å². The second-order valence-electron chi connectivity index (χ2n) is 5.90. The molecule has 0 amide bonds. The molecule has 0 unspecified atom stereocenters. The molecule has 21 heavy (non-hydrogen) atoms. The minimum absolute atomic E-state index is 0.430. The number of rotatable bonds is 0. The van der Waals surface area contributed by atoms with Crippen LogP contribution in [-0.4, -0.2) is 25.0 Å². The summed E-state index contributed by atoms with van der Waals surface area (Å²) >= 11 is 9.80. The van der Waals surface area contributed by atoms with Gasteiger partial charge in [0.15, 0.2) is 0 Å². The summed E-state index contributed by atoms with van der Waals surface area (Å²) in [6, 6.07) is 12.2. The van der Waals surface area contributed by atoms with Crippen molar-refractivity contribution in [2.24, 2.45) is 0 Å². The second-order valence-corrected chi connectivity index (χ2v) is 7.25. The maximum absolute atomic E-state index is 6.22. The van der Waals surface area contributed by atoms with Gasteiger partial charge in [-0.15, -0.1) is 0 Å². The Morgan fingerprint density at radius 2 is 1.67 bits per heavy atom. The van der Waals surface area contributed by atoms with Crippen molar-refractivity contribution in [1.29, 1.82) is 0 Å². The molecule has 0 aromatic heterocycles. The normalized spacial score (nSPS) is 23.8. The van der Waals surface area contributed by atoms with E-state index in [0.717, 1.165) is 34.1 Å². The van der Waals surface area contributed by atoms with E-state index in [0.29, 0.717) is 11.8 Å². The molecule has 108 valence electrons. The Morgan fingerprint density at radius 3 is 2.38 bits per heavy atom. The van der Waals surface area contributed by atoms with Gasteiger partial charge in [-0.25, -0.2) is 0 Å². The average Bonchev–Trinajstić information content (AvgIpc) is 2.79. The van der Waals surface area contributed by atoms with Crippen molar-refractivity contribution in [2.45, 2.75) is 11.8 Å². The third kappa shape index (κ3) is 2.28. The molecule has 2 heterocycles.